The van der Waals surface area contributed by atoms with Crippen LogP contribution in [0.1, 0.15) is 29.6 Å². The van der Waals surface area contributed by atoms with Gasteiger partial charge >= 0.3 is 0 Å². The zero-order valence-electron chi connectivity index (χ0n) is 14.0. The number of ether oxygens (including phenoxy) is 1. The molecule has 3 heterocycles. The first-order chi connectivity index (χ1) is 11.0. The molecule has 2 aliphatic rings. The van der Waals surface area contributed by atoms with Gasteiger partial charge in [-0.05, 0) is 25.4 Å². The van der Waals surface area contributed by atoms with Crippen molar-refractivity contribution in [2.75, 3.05) is 53.0 Å². The lowest BCUT2D eigenvalue weighted by atomic mass is 9.90. The molecular formula is C16H26N4O3. The summed E-state index contributed by atoms with van der Waals surface area (Å²) in [7, 11) is 2.11. The summed E-state index contributed by atoms with van der Waals surface area (Å²) in [6, 6.07) is 1.74. The third-order valence-corrected chi connectivity index (χ3v) is 4.70. The molecule has 1 atom stereocenters. The Hall–Kier alpha value is -1.44. The first-order valence-electron chi connectivity index (χ1n) is 8.27. The van der Waals surface area contributed by atoms with Crippen molar-refractivity contribution < 1.29 is 14.1 Å². The van der Waals surface area contributed by atoms with Crippen LogP contribution in [-0.2, 0) is 11.3 Å². The molecule has 0 spiro atoms. The van der Waals surface area contributed by atoms with Crippen molar-refractivity contribution in [3.8, 4) is 0 Å². The molecule has 0 aliphatic carbocycles. The molecule has 7 heteroatoms. The predicted octanol–water partition coefficient (Wildman–Crippen LogP) is 0.578. The molecule has 0 bridgehead atoms. The molecule has 3 rings (SSSR count). The second kappa shape index (κ2) is 6.98. The summed E-state index contributed by atoms with van der Waals surface area (Å²) in [5.74, 6) is 0.571. The molecular weight excluding hydrogens is 296 g/mol. The molecule has 2 fully saturated rings. The van der Waals surface area contributed by atoms with Crippen LogP contribution < -0.4 is 5.32 Å². The number of hydrogen-bond acceptors (Lipinski definition) is 6. The highest BCUT2D eigenvalue weighted by molar-refractivity contribution is 5.92. The highest BCUT2D eigenvalue weighted by Crippen LogP contribution is 2.27. The van der Waals surface area contributed by atoms with E-state index in [1.54, 1.807) is 6.07 Å². The smallest absolute Gasteiger partial charge is 0.273 e. The van der Waals surface area contributed by atoms with Crippen molar-refractivity contribution in [2.45, 2.75) is 19.9 Å². The van der Waals surface area contributed by atoms with Gasteiger partial charge in [-0.1, -0.05) is 12.1 Å². The lowest BCUT2D eigenvalue weighted by molar-refractivity contribution is 0.0305. The van der Waals surface area contributed by atoms with E-state index in [2.05, 4.69) is 34.2 Å². The van der Waals surface area contributed by atoms with E-state index in [0.717, 1.165) is 51.6 Å². The fourth-order valence-electron chi connectivity index (χ4n) is 3.27. The predicted molar refractivity (Wildman–Crippen MR) is 85.2 cm³/mol. The average molecular weight is 322 g/mol. The first kappa shape index (κ1) is 16.4. The second-order valence-electron chi connectivity index (χ2n) is 7.05. The van der Waals surface area contributed by atoms with E-state index in [-0.39, 0.29) is 11.3 Å². The van der Waals surface area contributed by atoms with Gasteiger partial charge in [-0.2, -0.15) is 0 Å². The molecule has 1 amide bonds. The summed E-state index contributed by atoms with van der Waals surface area (Å²) in [5.41, 5.74) is 0.508. The van der Waals surface area contributed by atoms with E-state index in [1.165, 1.54) is 0 Å². The Morgan fingerprint density at radius 3 is 2.87 bits per heavy atom. The minimum absolute atomic E-state index is 0.144. The number of nitrogens with zero attached hydrogens (tertiary/aromatic N) is 3. The van der Waals surface area contributed by atoms with Crippen molar-refractivity contribution >= 4 is 5.91 Å². The molecule has 128 valence electrons. The molecule has 23 heavy (non-hydrogen) atoms. The Kier molecular flexibility index (Phi) is 4.99. The van der Waals surface area contributed by atoms with E-state index in [0.29, 0.717) is 18.8 Å². The molecule has 2 saturated heterocycles. The van der Waals surface area contributed by atoms with Crippen LogP contribution in [0.3, 0.4) is 0 Å². The fraction of sp³-hybridized carbons (Fsp3) is 0.750. The number of morpholine rings is 1. The van der Waals surface area contributed by atoms with Gasteiger partial charge in [-0.15, -0.1) is 0 Å². The molecule has 1 aromatic heterocycles. The van der Waals surface area contributed by atoms with E-state index in [9.17, 15) is 4.79 Å². The number of aromatic nitrogens is 1. The van der Waals surface area contributed by atoms with Gasteiger partial charge in [0.25, 0.3) is 5.91 Å². The van der Waals surface area contributed by atoms with Crippen molar-refractivity contribution in [1.29, 1.82) is 0 Å². The number of carbonyl (C=O) groups is 1. The summed E-state index contributed by atoms with van der Waals surface area (Å²) < 4.78 is 10.6. The SMILES string of the molecule is CN1CCC(C)(CNC(=O)c2cc(CN3CCOCC3)on2)C1. The van der Waals surface area contributed by atoms with Gasteiger partial charge in [0.1, 0.15) is 0 Å². The summed E-state index contributed by atoms with van der Waals surface area (Å²) in [5, 5.41) is 6.91. The zero-order chi connectivity index (χ0) is 16.3. The molecule has 0 saturated carbocycles. The standard InChI is InChI=1S/C16H26N4O3/c1-16(3-4-19(2)12-16)11-17-15(21)14-9-13(23-18-14)10-20-5-7-22-8-6-20/h9H,3-8,10-12H2,1-2H3,(H,17,21). The number of hydrogen-bond donors (Lipinski definition) is 1. The van der Waals surface area contributed by atoms with Gasteiger partial charge in [0.05, 0.1) is 19.8 Å². The van der Waals surface area contributed by atoms with E-state index >= 15 is 0 Å². The molecule has 0 radical (unpaired) electrons. The number of rotatable bonds is 5. The maximum absolute atomic E-state index is 12.2. The normalized spacial score (nSPS) is 26.5. The van der Waals surface area contributed by atoms with Crippen LogP contribution in [0, 0.1) is 5.41 Å². The maximum atomic E-state index is 12.2. The summed E-state index contributed by atoms with van der Waals surface area (Å²) in [6.07, 6.45) is 1.10. The largest absolute Gasteiger partial charge is 0.379 e. The van der Waals surface area contributed by atoms with Gasteiger partial charge in [-0.25, -0.2) is 0 Å². The highest BCUT2D eigenvalue weighted by Gasteiger charge is 2.32. The van der Waals surface area contributed by atoms with Crippen LogP contribution in [0.2, 0.25) is 0 Å². The van der Waals surface area contributed by atoms with E-state index in [1.807, 2.05) is 0 Å². The topological polar surface area (TPSA) is 70.8 Å². The Labute approximate surface area is 136 Å². The first-order valence-corrected chi connectivity index (χ1v) is 8.27. The minimum Gasteiger partial charge on any atom is -0.379 e. The van der Waals surface area contributed by atoms with Crippen molar-refractivity contribution in [3.63, 3.8) is 0 Å². The lowest BCUT2D eigenvalue weighted by Crippen LogP contribution is -2.37. The molecule has 1 aromatic rings. The minimum atomic E-state index is -0.155. The summed E-state index contributed by atoms with van der Waals surface area (Å²) >= 11 is 0. The quantitative estimate of drug-likeness (QED) is 0.855. The number of amides is 1. The van der Waals surface area contributed by atoms with Crippen molar-refractivity contribution in [3.05, 3.63) is 17.5 Å². The van der Waals surface area contributed by atoms with Gasteiger partial charge in [0.15, 0.2) is 11.5 Å². The molecule has 1 N–H and O–H groups in total. The lowest BCUT2D eigenvalue weighted by Gasteiger charge is -2.25. The average Bonchev–Trinajstić information content (AvgIpc) is 3.13. The Morgan fingerprint density at radius 2 is 2.17 bits per heavy atom. The van der Waals surface area contributed by atoms with E-state index in [4.69, 9.17) is 9.26 Å². The number of carbonyl (C=O) groups excluding carboxylic acids is 1. The Bertz CT molecular complexity index is 541. The highest BCUT2D eigenvalue weighted by atomic mass is 16.5. The van der Waals surface area contributed by atoms with Crippen LogP contribution >= 0.6 is 0 Å². The van der Waals surface area contributed by atoms with Crippen LogP contribution in [-0.4, -0.2) is 73.8 Å². The van der Waals surface area contributed by atoms with Crippen LogP contribution in [0.5, 0.6) is 0 Å². The van der Waals surface area contributed by atoms with Crippen LogP contribution in [0.25, 0.3) is 0 Å². The van der Waals surface area contributed by atoms with Gasteiger partial charge in [0.2, 0.25) is 0 Å². The fourth-order valence-corrected chi connectivity index (χ4v) is 3.27. The monoisotopic (exact) mass is 322 g/mol. The third-order valence-electron chi connectivity index (χ3n) is 4.70. The summed E-state index contributed by atoms with van der Waals surface area (Å²) in [4.78, 5) is 16.8. The summed E-state index contributed by atoms with van der Waals surface area (Å²) in [6.45, 7) is 8.90. The van der Waals surface area contributed by atoms with Crippen molar-refractivity contribution in [2.24, 2.45) is 5.41 Å². The van der Waals surface area contributed by atoms with Gasteiger partial charge < -0.3 is 19.5 Å². The third kappa shape index (κ3) is 4.31. The zero-order valence-corrected chi connectivity index (χ0v) is 14.0. The Balaban J connectivity index is 1.50. The Morgan fingerprint density at radius 1 is 1.39 bits per heavy atom. The van der Waals surface area contributed by atoms with Crippen LogP contribution in [0.4, 0.5) is 0 Å². The number of nitrogens with one attached hydrogen (secondary N) is 1. The molecule has 7 nitrogen and oxygen atoms in total. The second-order valence-corrected chi connectivity index (χ2v) is 7.05. The maximum Gasteiger partial charge on any atom is 0.273 e. The van der Waals surface area contributed by atoms with Crippen LogP contribution in [0.15, 0.2) is 10.6 Å². The van der Waals surface area contributed by atoms with Crippen molar-refractivity contribution in [1.82, 2.24) is 20.3 Å². The number of likely N-dealkylation sites (tertiary alicyclic amines) is 1. The van der Waals surface area contributed by atoms with E-state index < -0.39 is 0 Å². The molecule has 0 aromatic carbocycles. The van der Waals surface area contributed by atoms with Gasteiger partial charge in [-0.3, -0.25) is 9.69 Å². The van der Waals surface area contributed by atoms with Gasteiger partial charge in [0, 0.05) is 32.2 Å². The molecule has 2 aliphatic heterocycles. The molecule has 1 unspecified atom stereocenters.